The predicted octanol–water partition coefficient (Wildman–Crippen LogP) is 4.94. The topological polar surface area (TPSA) is 96.3 Å². The van der Waals surface area contributed by atoms with Gasteiger partial charge in [-0.05, 0) is 71.1 Å². The summed E-state index contributed by atoms with van der Waals surface area (Å²) in [7, 11) is 0. The van der Waals surface area contributed by atoms with E-state index in [1.54, 1.807) is 11.5 Å². The maximum absolute atomic E-state index is 13.8. The summed E-state index contributed by atoms with van der Waals surface area (Å²) < 4.78 is 41.9. The minimum Gasteiger partial charge on any atom is -0.354 e. The molecule has 0 saturated heterocycles. The number of nitrogens with one attached hydrogen (secondary N) is 2. The Morgan fingerprint density at radius 2 is 1.82 bits per heavy atom. The summed E-state index contributed by atoms with van der Waals surface area (Å²) in [5.41, 5.74) is -0.430. The van der Waals surface area contributed by atoms with Crippen molar-refractivity contribution in [1.29, 1.82) is 0 Å². The van der Waals surface area contributed by atoms with Gasteiger partial charge in [0, 0.05) is 42.2 Å². The largest absolute Gasteiger partial charge is 0.417 e. The molecule has 12 heteroatoms. The number of rotatable bonds is 5. The van der Waals surface area contributed by atoms with E-state index in [4.69, 9.17) is 16.6 Å². The molecular weight excluding hydrogens is 535 g/mol. The summed E-state index contributed by atoms with van der Waals surface area (Å²) >= 11 is 5.73. The number of carbonyl (C=O) groups excluding carboxylic acids is 2. The number of fused-ring (bicyclic) bond motifs is 1. The van der Waals surface area contributed by atoms with Crippen LogP contribution in [0.25, 0.3) is 0 Å². The molecule has 0 bridgehead atoms. The molecule has 1 aliphatic carbocycles. The van der Waals surface area contributed by atoms with E-state index >= 15 is 0 Å². The van der Waals surface area contributed by atoms with Crippen LogP contribution in [-0.2, 0) is 23.9 Å². The molecular formula is C27H33ClF3N5O3. The van der Waals surface area contributed by atoms with Crippen LogP contribution in [0.1, 0.15) is 86.6 Å². The van der Waals surface area contributed by atoms with Crippen molar-refractivity contribution in [3.63, 3.8) is 0 Å². The first-order valence-corrected chi connectivity index (χ1v) is 13.5. The Hall–Kier alpha value is -3.08. The van der Waals surface area contributed by atoms with Crippen molar-refractivity contribution in [2.24, 2.45) is 0 Å². The first-order chi connectivity index (χ1) is 18.3. The van der Waals surface area contributed by atoms with Crippen molar-refractivity contribution >= 4 is 29.4 Å². The van der Waals surface area contributed by atoms with Gasteiger partial charge in [0.15, 0.2) is 0 Å². The van der Waals surface area contributed by atoms with Gasteiger partial charge in [-0.1, -0.05) is 11.6 Å². The molecule has 0 spiro atoms. The van der Waals surface area contributed by atoms with E-state index in [0.29, 0.717) is 30.0 Å². The van der Waals surface area contributed by atoms with Gasteiger partial charge in [-0.25, -0.2) is 4.98 Å². The molecule has 1 fully saturated rings. The number of carbonyl (C=O) groups is 2. The van der Waals surface area contributed by atoms with Crippen LogP contribution in [0.5, 0.6) is 0 Å². The van der Waals surface area contributed by atoms with Crippen molar-refractivity contribution in [2.75, 3.05) is 5.32 Å². The Bertz CT molecular complexity index is 1320. The summed E-state index contributed by atoms with van der Waals surface area (Å²) in [4.78, 5) is 44.8. The second-order valence-corrected chi connectivity index (χ2v) is 11.1. The number of benzene rings is 1. The highest BCUT2D eigenvalue weighted by molar-refractivity contribution is 6.31. The molecule has 2 aromatic rings. The molecule has 2 heterocycles. The molecule has 4 rings (SSSR count). The molecule has 0 unspecified atom stereocenters. The first-order valence-electron chi connectivity index (χ1n) is 13.1. The maximum Gasteiger partial charge on any atom is 0.417 e. The fourth-order valence-electron chi connectivity index (χ4n) is 5.45. The number of nitrogens with zero attached hydrogens (tertiary/aromatic N) is 3. The predicted molar refractivity (Wildman–Crippen MR) is 142 cm³/mol. The van der Waals surface area contributed by atoms with Gasteiger partial charge in [0.05, 0.1) is 22.8 Å². The molecule has 2 N–H and O–H groups in total. The molecule has 8 nitrogen and oxygen atoms in total. The Labute approximate surface area is 229 Å². The molecule has 1 atom stereocenters. The van der Waals surface area contributed by atoms with Crippen molar-refractivity contribution in [3.05, 3.63) is 56.0 Å². The molecule has 1 aliphatic heterocycles. The van der Waals surface area contributed by atoms with E-state index in [2.05, 4.69) is 10.6 Å². The Kier molecular flexibility index (Phi) is 8.30. The highest BCUT2D eigenvalue weighted by atomic mass is 35.5. The fraction of sp³-hybridized carbons (Fsp3) is 0.556. The van der Waals surface area contributed by atoms with Crippen molar-refractivity contribution < 1.29 is 22.8 Å². The van der Waals surface area contributed by atoms with E-state index < -0.39 is 28.7 Å². The lowest BCUT2D eigenvalue weighted by Crippen LogP contribution is -2.47. The average molecular weight is 568 g/mol. The SMILES string of the molecule is CC(=O)N[C@H]1CC[C@H](n2c(NC(C)C)nc3c(c2=O)C[C@@H](C)N(C(=O)c2ccc(Cl)c(C(F)(F)F)c2)C3)CC1. The van der Waals surface area contributed by atoms with Gasteiger partial charge in [0.25, 0.3) is 11.5 Å². The van der Waals surface area contributed by atoms with Crippen molar-refractivity contribution in [1.82, 2.24) is 19.8 Å². The number of halogens is 4. The third-order valence-electron chi connectivity index (χ3n) is 7.31. The van der Waals surface area contributed by atoms with E-state index in [9.17, 15) is 27.6 Å². The van der Waals surface area contributed by atoms with Crippen LogP contribution in [-0.4, -0.2) is 44.4 Å². The summed E-state index contributed by atoms with van der Waals surface area (Å²) in [5, 5.41) is 5.73. The standard InChI is InChI=1S/C27H33ClF3N5O3/c1-14(2)32-26-34-23-13-35(24(38)17-5-10-22(28)21(12-17)27(29,30)31)15(3)11-20(23)25(39)36(26)19-8-6-18(7-9-19)33-16(4)37/h5,10,12,14-15,18-19H,6-9,11,13H2,1-4H3,(H,32,34)(H,33,37)/t15-,18-,19-/m1/s1. The summed E-state index contributed by atoms with van der Waals surface area (Å²) in [6.07, 6.45) is -1.56. The number of anilines is 1. The molecule has 212 valence electrons. The van der Waals surface area contributed by atoms with Gasteiger partial charge in [-0.2, -0.15) is 13.2 Å². The second kappa shape index (κ2) is 11.2. The summed E-state index contributed by atoms with van der Waals surface area (Å²) in [5.74, 6) is -0.255. The zero-order valence-electron chi connectivity index (χ0n) is 22.4. The van der Waals surface area contributed by atoms with E-state index in [-0.39, 0.29) is 48.1 Å². The average Bonchev–Trinajstić information content (AvgIpc) is 2.84. The van der Waals surface area contributed by atoms with Crippen LogP contribution in [0.15, 0.2) is 23.0 Å². The third kappa shape index (κ3) is 6.23. The van der Waals surface area contributed by atoms with Crippen molar-refractivity contribution in [2.45, 2.75) is 96.7 Å². The second-order valence-electron chi connectivity index (χ2n) is 10.7. The van der Waals surface area contributed by atoms with Gasteiger partial charge < -0.3 is 15.5 Å². The molecule has 1 aromatic carbocycles. The van der Waals surface area contributed by atoms with Gasteiger partial charge in [-0.3, -0.25) is 19.0 Å². The smallest absolute Gasteiger partial charge is 0.354 e. The lowest BCUT2D eigenvalue weighted by atomic mass is 9.90. The van der Waals surface area contributed by atoms with Gasteiger partial charge in [-0.15, -0.1) is 0 Å². The van der Waals surface area contributed by atoms with E-state index in [0.717, 1.165) is 25.0 Å². The van der Waals surface area contributed by atoms with Gasteiger partial charge >= 0.3 is 6.18 Å². The fourth-order valence-corrected chi connectivity index (χ4v) is 5.68. The molecule has 1 aromatic heterocycles. The zero-order valence-corrected chi connectivity index (χ0v) is 23.1. The Morgan fingerprint density at radius 1 is 1.15 bits per heavy atom. The quantitative estimate of drug-likeness (QED) is 0.533. The number of alkyl halides is 3. The first kappa shape index (κ1) is 28.9. The van der Waals surface area contributed by atoms with E-state index in [1.165, 1.54) is 17.9 Å². The Morgan fingerprint density at radius 3 is 2.41 bits per heavy atom. The van der Waals surface area contributed by atoms with Crippen LogP contribution >= 0.6 is 11.6 Å². The molecule has 2 amide bonds. The Balaban J connectivity index is 1.66. The highest BCUT2D eigenvalue weighted by Gasteiger charge is 2.37. The van der Waals surface area contributed by atoms with Crippen LogP contribution in [0, 0.1) is 0 Å². The number of aromatic nitrogens is 2. The normalized spacial score (nSPS) is 21.5. The van der Waals surface area contributed by atoms with E-state index in [1.807, 2.05) is 13.8 Å². The number of amides is 2. The monoisotopic (exact) mass is 567 g/mol. The summed E-state index contributed by atoms with van der Waals surface area (Å²) in [6.45, 7) is 7.12. The third-order valence-corrected chi connectivity index (χ3v) is 7.64. The molecule has 1 saturated carbocycles. The lowest BCUT2D eigenvalue weighted by Gasteiger charge is -2.36. The lowest BCUT2D eigenvalue weighted by molar-refractivity contribution is -0.137. The van der Waals surface area contributed by atoms with Crippen molar-refractivity contribution in [3.8, 4) is 0 Å². The van der Waals surface area contributed by atoms with Crippen LogP contribution < -0.4 is 16.2 Å². The number of hydrogen-bond acceptors (Lipinski definition) is 5. The maximum atomic E-state index is 13.8. The van der Waals surface area contributed by atoms with Crippen LogP contribution in [0.4, 0.5) is 19.1 Å². The number of hydrogen-bond donors (Lipinski definition) is 2. The van der Waals surface area contributed by atoms with Crippen LogP contribution in [0.2, 0.25) is 5.02 Å². The summed E-state index contributed by atoms with van der Waals surface area (Å²) in [6, 6.07) is 2.64. The minimum atomic E-state index is -4.70. The molecule has 2 aliphatic rings. The molecule has 0 radical (unpaired) electrons. The van der Waals surface area contributed by atoms with Crippen LogP contribution in [0.3, 0.4) is 0 Å². The van der Waals surface area contributed by atoms with Gasteiger partial charge in [0.1, 0.15) is 0 Å². The zero-order chi connectivity index (χ0) is 28.6. The van der Waals surface area contributed by atoms with Gasteiger partial charge in [0.2, 0.25) is 11.9 Å². The highest BCUT2D eigenvalue weighted by Crippen LogP contribution is 2.36. The minimum absolute atomic E-state index is 0.00254. The molecule has 39 heavy (non-hydrogen) atoms.